The fourth-order valence-corrected chi connectivity index (χ4v) is 2.69. The summed E-state index contributed by atoms with van der Waals surface area (Å²) in [7, 11) is 1.73. The monoisotopic (exact) mass is 226 g/mol. The van der Waals surface area contributed by atoms with Gasteiger partial charge in [0.15, 0.2) is 0 Å². The molecule has 1 amide bonds. The predicted octanol–water partition coefficient (Wildman–Crippen LogP) is 0.623. The summed E-state index contributed by atoms with van der Waals surface area (Å²) < 4.78 is 5.15. The summed E-state index contributed by atoms with van der Waals surface area (Å²) >= 11 is 0. The Morgan fingerprint density at radius 1 is 1.44 bits per heavy atom. The van der Waals surface area contributed by atoms with Gasteiger partial charge < -0.3 is 15.0 Å². The van der Waals surface area contributed by atoms with Crippen LogP contribution >= 0.6 is 0 Å². The molecule has 0 spiro atoms. The van der Waals surface area contributed by atoms with Crippen molar-refractivity contribution in [2.45, 2.75) is 31.7 Å². The van der Waals surface area contributed by atoms with E-state index in [4.69, 9.17) is 4.74 Å². The summed E-state index contributed by atoms with van der Waals surface area (Å²) in [5, 5.41) is 3.32. The lowest BCUT2D eigenvalue weighted by Crippen LogP contribution is -2.47. The van der Waals surface area contributed by atoms with Crippen LogP contribution in [0.25, 0.3) is 0 Å². The average Bonchev–Trinajstić information content (AvgIpc) is 2.78. The lowest BCUT2D eigenvalue weighted by molar-refractivity contribution is -0.133. The molecule has 1 N–H and O–H groups in total. The van der Waals surface area contributed by atoms with Crippen molar-refractivity contribution < 1.29 is 9.53 Å². The smallest absolute Gasteiger partial charge is 0.239 e. The number of piperidine rings is 1. The van der Waals surface area contributed by atoms with Gasteiger partial charge in [0, 0.05) is 26.1 Å². The molecule has 2 saturated heterocycles. The molecular formula is C12H22N2O2. The lowest BCUT2D eigenvalue weighted by Gasteiger charge is -2.27. The number of carbonyl (C=O) groups excluding carboxylic acids is 1. The summed E-state index contributed by atoms with van der Waals surface area (Å²) in [6, 6.07) is 0.0787. The molecule has 0 bridgehead atoms. The lowest BCUT2D eigenvalue weighted by atomic mass is 10.0. The Morgan fingerprint density at radius 2 is 2.31 bits per heavy atom. The molecular weight excluding hydrogens is 204 g/mol. The van der Waals surface area contributed by atoms with Gasteiger partial charge in [0.1, 0.15) is 0 Å². The van der Waals surface area contributed by atoms with Crippen molar-refractivity contribution in [2.75, 3.05) is 33.4 Å². The number of amides is 1. The summed E-state index contributed by atoms with van der Waals surface area (Å²) in [5.74, 6) is 0.843. The van der Waals surface area contributed by atoms with E-state index in [-0.39, 0.29) is 6.04 Å². The van der Waals surface area contributed by atoms with Crippen molar-refractivity contribution in [3.63, 3.8) is 0 Å². The minimum Gasteiger partial charge on any atom is -0.384 e. The highest BCUT2D eigenvalue weighted by atomic mass is 16.5. The largest absolute Gasteiger partial charge is 0.384 e. The molecule has 4 heteroatoms. The van der Waals surface area contributed by atoms with Crippen LogP contribution in [0.15, 0.2) is 0 Å². The van der Waals surface area contributed by atoms with Gasteiger partial charge in [0.2, 0.25) is 5.91 Å². The van der Waals surface area contributed by atoms with E-state index in [1.807, 2.05) is 4.90 Å². The maximum atomic E-state index is 12.2. The van der Waals surface area contributed by atoms with E-state index in [9.17, 15) is 4.79 Å². The van der Waals surface area contributed by atoms with Crippen LogP contribution in [0.3, 0.4) is 0 Å². The van der Waals surface area contributed by atoms with Gasteiger partial charge in [-0.1, -0.05) is 6.42 Å². The summed E-state index contributed by atoms with van der Waals surface area (Å²) in [5.41, 5.74) is 0. The van der Waals surface area contributed by atoms with Gasteiger partial charge in [-0.15, -0.1) is 0 Å². The number of nitrogens with zero attached hydrogens (tertiary/aromatic N) is 1. The first-order chi connectivity index (χ1) is 7.81. The van der Waals surface area contributed by atoms with Crippen LogP contribution in [0.2, 0.25) is 0 Å². The van der Waals surface area contributed by atoms with Crippen molar-refractivity contribution in [1.82, 2.24) is 10.2 Å². The molecule has 2 rings (SSSR count). The van der Waals surface area contributed by atoms with Crippen LogP contribution < -0.4 is 5.32 Å². The summed E-state index contributed by atoms with van der Waals surface area (Å²) in [6.45, 7) is 3.56. The number of ether oxygens (including phenoxy) is 1. The molecule has 2 heterocycles. The van der Waals surface area contributed by atoms with Crippen molar-refractivity contribution in [3.8, 4) is 0 Å². The maximum absolute atomic E-state index is 12.2. The number of hydrogen-bond donors (Lipinski definition) is 1. The van der Waals surface area contributed by atoms with Gasteiger partial charge in [-0.05, 0) is 25.8 Å². The molecule has 0 radical (unpaired) electrons. The summed E-state index contributed by atoms with van der Waals surface area (Å²) in [4.78, 5) is 14.2. The van der Waals surface area contributed by atoms with Gasteiger partial charge in [-0.3, -0.25) is 4.79 Å². The van der Waals surface area contributed by atoms with Crippen LogP contribution in [-0.4, -0.2) is 50.2 Å². The molecule has 0 unspecified atom stereocenters. The van der Waals surface area contributed by atoms with Crippen molar-refractivity contribution in [3.05, 3.63) is 0 Å². The Hall–Kier alpha value is -0.610. The van der Waals surface area contributed by atoms with Gasteiger partial charge in [0.25, 0.3) is 0 Å². The fourth-order valence-electron chi connectivity index (χ4n) is 2.69. The third kappa shape index (κ3) is 2.74. The number of rotatable bonds is 3. The standard InChI is InChI=1S/C12H22N2O2/c1-16-9-10-5-7-14(8-10)12(15)11-4-2-3-6-13-11/h10-11,13H,2-9H2,1H3/t10-,11-/m1/s1. The molecule has 0 aliphatic carbocycles. The Morgan fingerprint density at radius 3 is 3.00 bits per heavy atom. The third-order valence-electron chi connectivity index (χ3n) is 3.61. The zero-order valence-electron chi connectivity index (χ0n) is 10.1. The SMILES string of the molecule is COC[C@@H]1CCN(C(=O)[C@H]2CCCCN2)C1. The second-order valence-electron chi connectivity index (χ2n) is 4.90. The van der Waals surface area contributed by atoms with Crippen LogP contribution in [0.1, 0.15) is 25.7 Å². The van der Waals surface area contributed by atoms with Crippen molar-refractivity contribution >= 4 is 5.91 Å². The maximum Gasteiger partial charge on any atom is 0.239 e. The first-order valence-corrected chi connectivity index (χ1v) is 6.32. The molecule has 16 heavy (non-hydrogen) atoms. The average molecular weight is 226 g/mol. The van der Waals surface area contributed by atoms with E-state index in [0.29, 0.717) is 11.8 Å². The number of likely N-dealkylation sites (tertiary alicyclic amines) is 1. The highest BCUT2D eigenvalue weighted by Gasteiger charge is 2.31. The molecule has 0 aromatic heterocycles. The van der Waals surface area contributed by atoms with Crippen LogP contribution in [0.4, 0.5) is 0 Å². The number of hydrogen-bond acceptors (Lipinski definition) is 3. The second kappa shape index (κ2) is 5.64. The Kier molecular flexibility index (Phi) is 4.18. The van der Waals surface area contributed by atoms with E-state index in [1.54, 1.807) is 7.11 Å². The first-order valence-electron chi connectivity index (χ1n) is 6.32. The van der Waals surface area contributed by atoms with Crippen molar-refractivity contribution in [2.24, 2.45) is 5.92 Å². The zero-order valence-corrected chi connectivity index (χ0v) is 10.1. The zero-order chi connectivity index (χ0) is 11.4. The van der Waals surface area contributed by atoms with E-state index >= 15 is 0 Å². The molecule has 4 nitrogen and oxygen atoms in total. The van der Waals surface area contributed by atoms with Gasteiger partial charge in [-0.2, -0.15) is 0 Å². The van der Waals surface area contributed by atoms with Crippen LogP contribution in [0.5, 0.6) is 0 Å². The fraction of sp³-hybridized carbons (Fsp3) is 0.917. The van der Waals surface area contributed by atoms with Gasteiger partial charge in [0.05, 0.1) is 12.6 Å². The molecule has 0 aromatic carbocycles. The van der Waals surface area contributed by atoms with Crippen molar-refractivity contribution in [1.29, 1.82) is 0 Å². The highest BCUT2D eigenvalue weighted by molar-refractivity contribution is 5.82. The quantitative estimate of drug-likeness (QED) is 0.767. The molecule has 2 aliphatic heterocycles. The minimum absolute atomic E-state index is 0.0787. The van der Waals surface area contributed by atoms with E-state index in [1.165, 1.54) is 12.8 Å². The molecule has 2 fully saturated rings. The second-order valence-corrected chi connectivity index (χ2v) is 4.90. The third-order valence-corrected chi connectivity index (χ3v) is 3.61. The summed E-state index contributed by atoms with van der Waals surface area (Å²) in [6.07, 6.45) is 4.48. The molecule has 0 aromatic rings. The van der Waals surface area contributed by atoms with E-state index in [2.05, 4.69) is 5.32 Å². The van der Waals surface area contributed by atoms with Gasteiger partial charge in [-0.25, -0.2) is 0 Å². The number of nitrogens with one attached hydrogen (secondary N) is 1. The van der Waals surface area contributed by atoms with Gasteiger partial charge >= 0.3 is 0 Å². The Labute approximate surface area is 97.3 Å². The number of carbonyl (C=O) groups is 1. The highest BCUT2D eigenvalue weighted by Crippen LogP contribution is 2.19. The molecule has 2 atom stereocenters. The molecule has 0 saturated carbocycles. The molecule has 2 aliphatic rings. The molecule has 92 valence electrons. The Bertz CT molecular complexity index is 239. The minimum atomic E-state index is 0.0787. The van der Waals surface area contributed by atoms with E-state index < -0.39 is 0 Å². The normalized spacial score (nSPS) is 30.7. The Balaban J connectivity index is 1.81. The predicted molar refractivity (Wildman–Crippen MR) is 62.2 cm³/mol. The number of methoxy groups -OCH3 is 1. The van der Waals surface area contributed by atoms with Crippen LogP contribution in [-0.2, 0) is 9.53 Å². The van der Waals surface area contributed by atoms with Crippen LogP contribution in [0, 0.1) is 5.92 Å². The first kappa shape index (κ1) is 11.9. The van der Waals surface area contributed by atoms with E-state index in [0.717, 1.165) is 39.1 Å². The topological polar surface area (TPSA) is 41.6 Å².